The van der Waals surface area contributed by atoms with Crippen molar-refractivity contribution in [2.24, 2.45) is 0 Å². The van der Waals surface area contributed by atoms with Crippen LogP contribution < -0.4 is 10.9 Å². The molecule has 0 aliphatic rings. The number of carbonyl (C=O) groups excluding carboxylic acids is 2. The van der Waals surface area contributed by atoms with Gasteiger partial charge >= 0.3 is 0 Å². The van der Waals surface area contributed by atoms with Crippen LogP contribution in [0.4, 0.5) is 4.39 Å². The molecule has 0 aliphatic heterocycles. The van der Waals surface area contributed by atoms with Crippen LogP contribution in [0.2, 0.25) is 5.02 Å². The number of hydrogen-bond acceptors (Lipinski definition) is 5. The van der Waals surface area contributed by atoms with E-state index in [1.165, 1.54) is 43.6 Å². The number of hydrogen-bond donors (Lipinski definition) is 2. The van der Waals surface area contributed by atoms with Gasteiger partial charge in [0.05, 0.1) is 16.1 Å². The molecule has 9 heteroatoms. The van der Waals surface area contributed by atoms with Crippen molar-refractivity contribution in [3.05, 3.63) is 70.5 Å². The summed E-state index contributed by atoms with van der Waals surface area (Å²) in [5, 5.41) is 3.81. The van der Waals surface area contributed by atoms with Crippen LogP contribution in [0.3, 0.4) is 0 Å². The summed E-state index contributed by atoms with van der Waals surface area (Å²) < 4.78 is 19.2. The topological polar surface area (TPSA) is 97.1 Å². The number of amides is 2. The van der Waals surface area contributed by atoms with Crippen molar-refractivity contribution in [1.29, 1.82) is 0 Å². The number of nitrogens with one attached hydrogen (secondary N) is 2. The molecule has 0 unspecified atom stereocenters. The van der Waals surface area contributed by atoms with Crippen LogP contribution in [0.1, 0.15) is 26.5 Å². The SMILES string of the molecule is Cc1onc(-c2c(F)cccc2Cl)c1C(=O)NNC(=O)c1cccnc1. The molecule has 2 N–H and O–H groups in total. The van der Waals surface area contributed by atoms with E-state index < -0.39 is 17.6 Å². The monoisotopic (exact) mass is 374 g/mol. The lowest BCUT2D eigenvalue weighted by Crippen LogP contribution is -2.42. The first-order valence-corrected chi connectivity index (χ1v) is 7.78. The van der Waals surface area contributed by atoms with Crippen LogP contribution in [-0.2, 0) is 0 Å². The van der Waals surface area contributed by atoms with Gasteiger partial charge in [0.2, 0.25) is 0 Å². The largest absolute Gasteiger partial charge is 0.360 e. The molecule has 1 aromatic carbocycles. The molecule has 3 rings (SSSR count). The molecule has 132 valence electrons. The van der Waals surface area contributed by atoms with Crippen molar-refractivity contribution < 1.29 is 18.5 Å². The van der Waals surface area contributed by atoms with Gasteiger partial charge in [0.15, 0.2) is 0 Å². The third-order valence-electron chi connectivity index (χ3n) is 3.50. The average molecular weight is 375 g/mol. The van der Waals surface area contributed by atoms with Crippen LogP contribution in [0.15, 0.2) is 47.2 Å². The minimum Gasteiger partial charge on any atom is -0.360 e. The van der Waals surface area contributed by atoms with Crippen LogP contribution in [0, 0.1) is 12.7 Å². The quantitative estimate of drug-likeness (QED) is 0.687. The smallest absolute Gasteiger partial charge is 0.275 e. The fraction of sp³-hybridized carbons (Fsp3) is 0.0588. The van der Waals surface area contributed by atoms with Gasteiger partial charge in [0.1, 0.15) is 22.8 Å². The molecule has 0 aliphatic carbocycles. The summed E-state index contributed by atoms with van der Waals surface area (Å²) >= 11 is 6.03. The zero-order valence-electron chi connectivity index (χ0n) is 13.4. The number of benzene rings is 1. The second kappa shape index (κ2) is 7.32. The number of aryl methyl sites for hydroxylation is 1. The van der Waals surface area contributed by atoms with E-state index in [9.17, 15) is 14.0 Å². The van der Waals surface area contributed by atoms with Crippen molar-refractivity contribution in [2.45, 2.75) is 6.92 Å². The Bertz CT molecular complexity index is 955. The van der Waals surface area contributed by atoms with Gasteiger partial charge in [0, 0.05) is 12.4 Å². The highest BCUT2D eigenvalue weighted by Gasteiger charge is 2.25. The fourth-order valence-corrected chi connectivity index (χ4v) is 2.53. The number of aromatic nitrogens is 2. The number of carbonyl (C=O) groups is 2. The summed E-state index contributed by atoms with van der Waals surface area (Å²) in [7, 11) is 0. The van der Waals surface area contributed by atoms with E-state index in [0.717, 1.165) is 0 Å². The highest BCUT2D eigenvalue weighted by molar-refractivity contribution is 6.33. The number of hydrazine groups is 1. The second-order valence-electron chi connectivity index (χ2n) is 5.21. The Morgan fingerprint density at radius 3 is 2.62 bits per heavy atom. The first kappa shape index (κ1) is 17.6. The van der Waals surface area contributed by atoms with Crippen LogP contribution in [-0.4, -0.2) is 22.0 Å². The van der Waals surface area contributed by atoms with E-state index in [4.69, 9.17) is 16.1 Å². The third-order valence-corrected chi connectivity index (χ3v) is 3.82. The zero-order valence-corrected chi connectivity index (χ0v) is 14.2. The summed E-state index contributed by atoms with van der Waals surface area (Å²) in [5.74, 6) is -1.80. The standard InChI is InChI=1S/C17H12ClFN4O3/c1-9-13(15(23-26-9)14-11(18)5-2-6-12(14)19)17(25)22-21-16(24)10-4-3-7-20-8-10/h2-8H,1H3,(H,21,24)(H,22,25). The van der Waals surface area contributed by atoms with Gasteiger partial charge in [-0.25, -0.2) is 4.39 Å². The van der Waals surface area contributed by atoms with Crippen molar-refractivity contribution in [1.82, 2.24) is 21.0 Å². The Labute approximate surface area is 152 Å². The molecule has 0 spiro atoms. The fourth-order valence-electron chi connectivity index (χ4n) is 2.28. The summed E-state index contributed by atoms with van der Waals surface area (Å²) in [4.78, 5) is 28.3. The van der Waals surface area contributed by atoms with Gasteiger partial charge < -0.3 is 4.52 Å². The summed E-state index contributed by atoms with van der Waals surface area (Å²) in [6.07, 6.45) is 2.86. The Morgan fingerprint density at radius 1 is 1.15 bits per heavy atom. The van der Waals surface area contributed by atoms with E-state index >= 15 is 0 Å². The maximum absolute atomic E-state index is 14.1. The van der Waals surface area contributed by atoms with E-state index in [0.29, 0.717) is 0 Å². The van der Waals surface area contributed by atoms with Crippen LogP contribution in [0.25, 0.3) is 11.3 Å². The molecule has 0 fully saturated rings. The number of pyridine rings is 1. The molecule has 0 atom stereocenters. The molecule has 0 radical (unpaired) electrons. The van der Waals surface area contributed by atoms with E-state index in [1.807, 2.05) is 0 Å². The molecule has 0 saturated heterocycles. The van der Waals surface area contributed by atoms with Crippen LogP contribution >= 0.6 is 11.6 Å². The highest BCUT2D eigenvalue weighted by atomic mass is 35.5. The van der Waals surface area contributed by atoms with Crippen LogP contribution in [0.5, 0.6) is 0 Å². The molecular weight excluding hydrogens is 363 g/mol. The van der Waals surface area contributed by atoms with Gasteiger partial charge in [-0.15, -0.1) is 0 Å². The minimum absolute atomic E-state index is 0.0384. The lowest BCUT2D eigenvalue weighted by molar-refractivity contribution is 0.0846. The Morgan fingerprint density at radius 2 is 1.92 bits per heavy atom. The molecular formula is C17H12ClFN4O3. The molecule has 3 aromatic rings. The molecule has 2 aromatic heterocycles. The molecule has 7 nitrogen and oxygen atoms in total. The summed E-state index contributed by atoms with van der Waals surface area (Å²) in [6, 6.07) is 7.21. The molecule has 26 heavy (non-hydrogen) atoms. The first-order chi connectivity index (χ1) is 12.5. The Balaban J connectivity index is 1.85. The van der Waals surface area contributed by atoms with Crippen molar-refractivity contribution in [2.75, 3.05) is 0 Å². The van der Waals surface area contributed by atoms with Gasteiger partial charge in [-0.2, -0.15) is 0 Å². The lowest BCUT2D eigenvalue weighted by atomic mass is 10.1. The maximum atomic E-state index is 14.1. The number of rotatable bonds is 3. The van der Waals surface area contributed by atoms with E-state index in [-0.39, 0.29) is 33.2 Å². The Kier molecular flexibility index (Phi) is 4.94. The number of halogens is 2. The predicted octanol–water partition coefficient (Wildman–Crippen LogP) is 2.91. The van der Waals surface area contributed by atoms with E-state index in [2.05, 4.69) is 21.0 Å². The van der Waals surface area contributed by atoms with Gasteiger partial charge in [0.25, 0.3) is 11.8 Å². The average Bonchev–Trinajstić information content (AvgIpc) is 3.01. The predicted molar refractivity (Wildman–Crippen MR) is 90.8 cm³/mol. The van der Waals surface area contributed by atoms with Gasteiger partial charge in [-0.1, -0.05) is 22.8 Å². The third kappa shape index (κ3) is 3.40. The normalized spacial score (nSPS) is 10.4. The molecule has 0 saturated carbocycles. The highest BCUT2D eigenvalue weighted by Crippen LogP contribution is 2.33. The maximum Gasteiger partial charge on any atom is 0.275 e. The minimum atomic E-state index is -0.727. The zero-order chi connectivity index (χ0) is 18.7. The summed E-state index contributed by atoms with van der Waals surface area (Å²) in [5.41, 5.74) is 4.59. The summed E-state index contributed by atoms with van der Waals surface area (Å²) in [6.45, 7) is 1.49. The second-order valence-corrected chi connectivity index (χ2v) is 5.62. The first-order valence-electron chi connectivity index (χ1n) is 7.40. The van der Waals surface area contributed by atoms with Crippen molar-refractivity contribution >= 4 is 23.4 Å². The molecule has 2 amide bonds. The molecule has 2 heterocycles. The van der Waals surface area contributed by atoms with Gasteiger partial charge in [-0.05, 0) is 31.2 Å². The number of nitrogens with zero attached hydrogens (tertiary/aromatic N) is 2. The van der Waals surface area contributed by atoms with E-state index in [1.54, 1.807) is 6.07 Å². The molecule has 0 bridgehead atoms. The van der Waals surface area contributed by atoms with Crippen molar-refractivity contribution in [3.63, 3.8) is 0 Å². The van der Waals surface area contributed by atoms with Crippen molar-refractivity contribution in [3.8, 4) is 11.3 Å². The van der Waals surface area contributed by atoms with Gasteiger partial charge in [-0.3, -0.25) is 25.4 Å². The lowest BCUT2D eigenvalue weighted by Gasteiger charge is -2.08. The Hall–Kier alpha value is -3.26.